The van der Waals surface area contributed by atoms with Crippen molar-refractivity contribution in [1.82, 2.24) is 4.98 Å². The molecule has 0 atom stereocenters. The van der Waals surface area contributed by atoms with Gasteiger partial charge >= 0.3 is 0 Å². The van der Waals surface area contributed by atoms with E-state index in [2.05, 4.69) is 21.7 Å². The number of aromatic nitrogens is 1. The molecule has 16 heavy (non-hydrogen) atoms. The zero-order valence-corrected chi connectivity index (χ0v) is 9.56. The Hall–Kier alpha value is -1.49. The second-order valence-corrected chi connectivity index (χ2v) is 3.90. The smallest absolute Gasteiger partial charge is 0.152 e. The van der Waals surface area contributed by atoms with Gasteiger partial charge < -0.3 is 20.6 Å². The molecular formula is C11H18N4O. The summed E-state index contributed by atoms with van der Waals surface area (Å²) in [6.07, 6.45) is 1.68. The molecule has 5 nitrogen and oxygen atoms in total. The van der Waals surface area contributed by atoms with Crippen LogP contribution in [-0.2, 0) is 0 Å². The van der Waals surface area contributed by atoms with Gasteiger partial charge in [-0.05, 0) is 13.0 Å². The lowest BCUT2D eigenvalue weighted by Gasteiger charge is -2.37. The topological polar surface area (TPSA) is 65.6 Å². The van der Waals surface area contributed by atoms with Crippen LogP contribution in [0.4, 0.5) is 17.2 Å². The predicted octanol–water partition coefficient (Wildman–Crippen LogP) is 0.302. The Labute approximate surface area is 95.5 Å². The molecule has 1 aromatic heterocycles. The van der Waals surface area contributed by atoms with Crippen LogP contribution in [0.25, 0.3) is 0 Å². The average Bonchev–Trinajstić information content (AvgIpc) is 2.30. The highest BCUT2D eigenvalue weighted by Gasteiger charge is 2.22. The Morgan fingerprint density at radius 3 is 2.88 bits per heavy atom. The second kappa shape index (κ2) is 4.57. The van der Waals surface area contributed by atoms with E-state index in [1.165, 1.54) is 0 Å². The Balaban J connectivity index is 2.36. The van der Waals surface area contributed by atoms with E-state index in [1.54, 1.807) is 6.20 Å². The second-order valence-electron chi connectivity index (χ2n) is 3.90. The van der Waals surface area contributed by atoms with Crippen LogP contribution in [0.3, 0.4) is 0 Å². The first kappa shape index (κ1) is 11.0. The van der Waals surface area contributed by atoms with Crippen LogP contribution < -0.4 is 15.5 Å². The number of rotatable bonds is 3. The summed E-state index contributed by atoms with van der Waals surface area (Å²) in [6, 6.07) is 1.93. The van der Waals surface area contributed by atoms with Gasteiger partial charge in [0.25, 0.3) is 0 Å². The SMILES string of the molecule is CCN1CCN(CCO)c2cc(N)cnc21. The molecule has 2 heterocycles. The summed E-state index contributed by atoms with van der Waals surface area (Å²) >= 11 is 0. The van der Waals surface area contributed by atoms with Gasteiger partial charge in [0, 0.05) is 26.2 Å². The van der Waals surface area contributed by atoms with Crippen molar-refractivity contribution in [1.29, 1.82) is 0 Å². The molecule has 5 heteroatoms. The Morgan fingerprint density at radius 1 is 1.44 bits per heavy atom. The van der Waals surface area contributed by atoms with E-state index in [0.717, 1.165) is 31.1 Å². The molecule has 3 N–H and O–H groups in total. The van der Waals surface area contributed by atoms with Crippen molar-refractivity contribution in [3.05, 3.63) is 12.3 Å². The molecule has 2 rings (SSSR count). The van der Waals surface area contributed by atoms with Crippen LogP contribution in [0.2, 0.25) is 0 Å². The third kappa shape index (κ3) is 1.90. The van der Waals surface area contributed by atoms with E-state index < -0.39 is 0 Å². The largest absolute Gasteiger partial charge is 0.397 e. The van der Waals surface area contributed by atoms with Crippen LogP contribution in [0.15, 0.2) is 12.3 Å². The van der Waals surface area contributed by atoms with Gasteiger partial charge in [0.2, 0.25) is 0 Å². The van der Waals surface area contributed by atoms with E-state index in [-0.39, 0.29) is 6.61 Å². The molecule has 0 spiro atoms. The number of aliphatic hydroxyl groups is 1. The van der Waals surface area contributed by atoms with E-state index >= 15 is 0 Å². The van der Waals surface area contributed by atoms with Crippen molar-refractivity contribution in [3.63, 3.8) is 0 Å². The fraction of sp³-hybridized carbons (Fsp3) is 0.545. The van der Waals surface area contributed by atoms with Crippen LogP contribution in [0.1, 0.15) is 6.92 Å². The van der Waals surface area contributed by atoms with Gasteiger partial charge in [0.05, 0.1) is 24.2 Å². The molecular weight excluding hydrogens is 204 g/mol. The first-order chi connectivity index (χ1) is 7.76. The summed E-state index contributed by atoms with van der Waals surface area (Å²) in [5.41, 5.74) is 7.45. The lowest BCUT2D eigenvalue weighted by atomic mass is 10.2. The number of likely N-dealkylation sites (N-methyl/N-ethyl adjacent to an activating group) is 1. The number of aliphatic hydroxyl groups excluding tert-OH is 1. The van der Waals surface area contributed by atoms with E-state index in [9.17, 15) is 0 Å². The quantitative estimate of drug-likeness (QED) is 0.770. The summed E-state index contributed by atoms with van der Waals surface area (Å²) in [4.78, 5) is 8.74. The zero-order valence-electron chi connectivity index (χ0n) is 9.56. The molecule has 0 aromatic carbocycles. The van der Waals surface area contributed by atoms with Crippen molar-refractivity contribution in [2.45, 2.75) is 6.92 Å². The summed E-state index contributed by atoms with van der Waals surface area (Å²) < 4.78 is 0. The molecule has 0 saturated heterocycles. The van der Waals surface area contributed by atoms with Gasteiger partial charge in [0.1, 0.15) is 0 Å². The van der Waals surface area contributed by atoms with Gasteiger partial charge in [-0.3, -0.25) is 0 Å². The van der Waals surface area contributed by atoms with Gasteiger partial charge in [0.15, 0.2) is 5.82 Å². The molecule has 0 fully saturated rings. The lowest BCUT2D eigenvalue weighted by molar-refractivity contribution is 0.301. The van der Waals surface area contributed by atoms with Gasteiger partial charge in [-0.15, -0.1) is 0 Å². The number of hydrogen-bond acceptors (Lipinski definition) is 5. The predicted molar refractivity (Wildman–Crippen MR) is 65.8 cm³/mol. The molecule has 88 valence electrons. The highest BCUT2D eigenvalue weighted by molar-refractivity contribution is 5.72. The van der Waals surface area contributed by atoms with Crippen molar-refractivity contribution >= 4 is 17.2 Å². The summed E-state index contributed by atoms with van der Waals surface area (Å²) in [6.45, 7) is 5.70. The number of hydrogen-bond donors (Lipinski definition) is 2. The van der Waals surface area contributed by atoms with Crippen LogP contribution in [-0.4, -0.2) is 42.9 Å². The lowest BCUT2D eigenvalue weighted by Crippen LogP contribution is -2.42. The minimum Gasteiger partial charge on any atom is -0.397 e. The Kier molecular flexibility index (Phi) is 3.14. The fourth-order valence-corrected chi connectivity index (χ4v) is 2.07. The van der Waals surface area contributed by atoms with Crippen molar-refractivity contribution in [3.8, 4) is 0 Å². The van der Waals surface area contributed by atoms with Crippen molar-refractivity contribution < 1.29 is 5.11 Å². The number of nitrogen functional groups attached to an aromatic ring is 1. The molecule has 1 aliphatic heterocycles. The van der Waals surface area contributed by atoms with Crippen LogP contribution >= 0.6 is 0 Å². The minimum atomic E-state index is 0.153. The highest BCUT2D eigenvalue weighted by atomic mass is 16.3. The number of fused-ring (bicyclic) bond motifs is 1. The normalized spacial score (nSPS) is 15.1. The molecule has 0 bridgehead atoms. The van der Waals surface area contributed by atoms with Gasteiger partial charge in [-0.25, -0.2) is 4.98 Å². The standard InChI is InChI=1S/C11H18N4O/c1-2-14-3-4-15(5-6-16)10-7-9(12)8-13-11(10)14/h7-8,16H,2-6,12H2,1H3. The number of nitrogens with zero attached hydrogens (tertiary/aromatic N) is 3. The molecule has 0 aliphatic carbocycles. The maximum Gasteiger partial charge on any atom is 0.152 e. The van der Waals surface area contributed by atoms with E-state index in [4.69, 9.17) is 10.8 Å². The zero-order chi connectivity index (χ0) is 11.5. The molecule has 1 aromatic rings. The van der Waals surface area contributed by atoms with Crippen LogP contribution in [0, 0.1) is 0 Å². The first-order valence-electron chi connectivity index (χ1n) is 5.62. The number of nitrogens with two attached hydrogens (primary N) is 1. The van der Waals surface area contributed by atoms with E-state index in [1.807, 2.05) is 6.07 Å². The summed E-state index contributed by atoms with van der Waals surface area (Å²) in [7, 11) is 0. The summed E-state index contributed by atoms with van der Waals surface area (Å²) in [5, 5.41) is 9.03. The van der Waals surface area contributed by atoms with E-state index in [0.29, 0.717) is 12.2 Å². The molecule has 0 amide bonds. The maximum absolute atomic E-state index is 9.03. The monoisotopic (exact) mass is 222 g/mol. The maximum atomic E-state index is 9.03. The number of pyridine rings is 1. The molecule has 0 unspecified atom stereocenters. The molecule has 0 radical (unpaired) electrons. The third-order valence-corrected chi connectivity index (χ3v) is 2.90. The van der Waals surface area contributed by atoms with Crippen LogP contribution in [0.5, 0.6) is 0 Å². The van der Waals surface area contributed by atoms with Crippen molar-refractivity contribution in [2.75, 3.05) is 48.3 Å². The summed E-state index contributed by atoms with van der Waals surface area (Å²) in [5.74, 6) is 0.969. The first-order valence-corrected chi connectivity index (χ1v) is 5.62. The average molecular weight is 222 g/mol. The molecule has 1 aliphatic rings. The molecule has 0 saturated carbocycles. The Bertz CT molecular complexity index is 369. The third-order valence-electron chi connectivity index (χ3n) is 2.90. The number of β-amino-alcohol motifs (C(OH)–C–C–N with tert-alkyl or cyclic N) is 1. The van der Waals surface area contributed by atoms with Gasteiger partial charge in [-0.2, -0.15) is 0 Å². The highest BCUT2D eigenvalue weighted by Crippen LogP contribution is 2.31. The minimum absolute atomic E-state index is 0.153. The Morgan fingerprint density at radius 2 is 2.19 bits per heavy atom. The van der Waals surface area contributed by atoms with Crippen molar-refractivity contribution in [2.24, 2.45) is 0 Å². The van der Waals surface area contributed by atoms with Gasteiger partial charge in [-0.1, -0.05) is 0 Å². The number of anilines is 3. The fourth-order valence-electron chi connectivity index (χ4n) is 2.07.